The second-order valence-corrected chi connectivity index (χ2v) is 1.37. The second kappa shape index (κ2) is 22.4. The van der Waals surface area contributed by atoms with Crippen molar-refractivity contribution in [3.8, 4) is 0 Å². The molecule has 0 aromatic heterocycles. The molecule has 0 atom stereocenters. The first-order chi connectivity index (χ1) is 5.68. The van der Waals surface area contributed by atoms with E-state index in [-0.39, 0.29) is 19.2 Å². The van der Waals surface area contributed by atoms with Crippen LogP contribution in [0.1, 0.15) is 13.8 Å². The molecule has 0 saturated carbocycles. The van der Waals surface area contributed by atoms with E-state index < -0.39 is 0 Å². The van der Waals surface area contributed by atoms with Gasteiger partial charge in [-0.1, -0.05) is 0 Å². The maximum absolute atomic E-state index is 9.82. The van der Waals surface area contributed by atoms with Crippen LogP contribution in [0.25, 0.3) is 0 Å². The van der Waals surface area contributed by atoms with Crippen molar-refractivity contribution in [2.24, 2.45) is 0 Å². The number of ether oxygens (including phenoxy) is 1. The Hall–Kier alpha value is -0.650. The topological polar surface area (TPSA) is 87.0 Å². The molecule has 0 bridgehead atoms. The molecule has 0 aromatic rings. The highest BCUT2D eigenvalue weighted by molar-refractivity contribution is 5.65. The molecule has 5 nitrogen and oxygen atoms in total. The van der Waals surface area contributed by atoms with Crippen molar-refractivity contribution in [1.82, 2.24) is 0 Å². The number of esters is 1. The van der Waals surface area contributed by atoms with Crippen LogP contribution in [0.5, 0.6) is 0 Å². The number of hydrogen-bond acceptors (Lipinski definition) is 5. The van der Waals surface area contributed by atoms with Gasteiger partial charge in [-0.2, -0.15) is 0 Å². The van der Waals surface area contributed by atoms with E-state index in [9.17, 15) is 4.79 Å². The molecule has 0 spiro atoms. The van der Waals surface area contributed by atoms with Crippen LogP contribution in [-0.4, -0.2) is 48.2 Å². The van der Waals surface area contributed by atoms with Crippen molar-refractivity contribution in [3.05, 3.63) is 0 Å². The molecule has 0 radical (unpaired) electrons. The largest absolute Gasteiger partial charge is 0.466 e. The maximum Gasteiger partial charge on any atom is 0.302 e. The Labute approximate surface area is 72.6 Å². The van der Waals surface area contributed by atoms with Crippen molar-refractivity contribution in [2.75, 3.05) is 26.9 Å². The van der Waals surface area contributed by atoms with Gasteiger partial charge in [-0.3, -0.25) is 4.79 Å². The van der Waals surface area contributed by atoms with E-state index in [1.54, 1.807) is 6.92 Å². The Kier molecular flexibility index (Phi) is 32.6. The molecule has 0 aliphatic rings. The van der Waals surface area contributed by atoms with E-state index in [2.05, 4.69) is 4.74 Å². The highest BCUT2D eigenvalue weighted by Crippen LogP contribution is 1.69. The minimum atomic E-state index is -0.211. The smallest absolute Gasteiger partial charge is 0.302 e. The van der Waals surface area contributed by atoms with Gasteiger partial charge in [-0.15, -0.1) is 0 Å². The maximum atomic E-state index is 9.82. The standard InChI is InChI=1S/C4H8O2.C2H6O2.CH4O/c1-3-6-4(2)5;3-1-2-4;1-2/h3H2,1-2H3;3-4H,1-2H2;2H,1H3. The average Bonchev–Trinajstić information content (AvgIpc) is 2.08. The quantitative estimate of drug-likeness (QED) is 0.484. The summed E-state index contributed by atoms with van der Waals surface area (Å²) in [4.78, 5) is 9.82. The number of aliphatic hydroxyl groups is 3. The fraction of sp³-hybridized carbons (Fsp3) is 0.857. The molecule has 12 heavy (non-hydrogen) atoms. The van der Waals surface area contributed by atoms with Crippen LogP contribution in [0.4, 0.5) is 0 Å². The predicted molar refractivity (Wildman–Crippen MR) is 44.6 cm³/mol. The fourth-order valence-electron chi connectivity index (χ4n) is 0.203. The summed E-state index contributed by atoms with van der Waals surface area (Å²) in [6.45, 7) is 3.40. The lowest BCUT2D eigenvalue weighted by atomic mass is 10.8. The Morgan fingerprint density at radius 3 is 1.58 bits per heavy atom. The van der Waals surface area contributed by atoms with Crippen LogP contribution in [0.2, 0.25) is 0 Å². The first-order valence-corrected chi connectivity index (χ1v) is 3.48. The van der Waals surface area contributed by atoms with Gasteiger partial charge in [0, 0.05) is 14.0 Å². The van der Waals surface area contributed by atoms with Crippen LogP contribution >= 0.6 is 0 Å². The average molecular weight is 182 g/mol. The third-order valence-electron chi connectivity index (χ3n) is 0.448. The van der Waals surface area contributed by atoms with Gasteiger partial charge in [0.05, 0.1) is 19.8 Å². The Morgan fingerprint density at radius 1 is 1.25 bits per heavy atom. The summed E-state index contributed by atoms with van der Waals surface area (Å²) in [6, 6.07) is 0. The third kappa shape index (κ3) is 58.1. The summed E-state index contributed by atoms with van der Waals surface area (Å²) in [7, 11) is 1.00. The van der Waals surface area contributed by atoms with Crippen LogP contribution in [0.15, 0.2) is 0 Å². The molecule has 0 fully saturated rings. The molecule has 0 amide bonds. The molecule has 0 saturated heterocycles. The summed E-state index contributed by atoms with van der Waals surface area (Å²) in [5.41, 5.74) is 0. The van der Waals surface area contributed by atoms with Crippen LogP contribution in [0.3, 0.4) is 0 Å². The Bertz CT molecular complexity index is 72.2. The van der Waals surface area contributed by atoms with E-state index in [0.29, 0.717) is 6.61 Å². The molecule has 0 aromatic carbocycles. The molecule has 0 unspecified atom stereocenters. The van der Waals surface area contributed by atoms with Crippen molar-refractivity contribution < 1.29 is 24.9 Å². The van der Waals surface area contributed by atoms with Gasteiger partial charge in [0.1, 0.15) is 0 Å². The zero-order chi connectivity index (χ0) is 10.4. The van der Waals surface area contributed by atoms with Gasteiger partial charge in [-0.25, -0.2) is 0 Å². The molecule has 76 valence electrons. The van der Waals surface area contributed by atoms with Gasteiger partial charge in [0.2, 0.25) is 0 Å². The predicted octanol–water partition coefficient (Wildman–Crippen LogP) is -0.851. The monoisotopic (exact) mass is 182 g/mol. The molecule has 5 heteroatoms. The molecular weight excluding hydrogens is 164 g/mol. The normalized spacial score (nSPS) is 6.83. The minimum Gasteiger partial charge on any atom is -0.466 e. The lowest BCUT2D eigenvalue weighted by molar-refractivity contribution is -0.140. The lowest BCUT2D eigenvalue weighted by Gasteiger charge is -1.89. The SMILES string of the molecule is CCOC(C)=O.CO.OCCO. The van der Waals surface area contributed by atoms with Gasteiger partial charge >= 0.3 is 5.97 Å². The zero-order valence-electron chi connectivity index (χ0n) is 7.78. The van der Waals surface area contributed by atoms with Gasteiger partial charge in [-0.05, 0) is 6.92 Å². The molecule has 0 aliphatic heterocycles. The minimum absolute atomic E-state index is 0.125. The number of rotatable bonds is 2. The second-order valence-electron chi connectivity index (χ2n) is 1.37. The summed E-state index contributed by atoms with van der Waals surface area (Å²) < 4.78 is 4.40. The molecule has 0 rings (SSSR count). The first kappa shape index (κ1) is 17.4. The van der Waals surface area contributed by atoms with Crippen molar-refractivity contribution in [3.63, 3.8) is 0 Å². The van der Waals surface area contributed by atoms with Crippen molar-refractivity contribution in [1.29, 1.82) is 0 Å². The van der Waals surface area contributed by atoms with E-state index in [1.807, 2.05) is 0 Å². The summed E-state index contributed by atoms with van der Waals surface area (Å²) in [5, 5.41) is 22.2. The van der Waals surface area contributed by atoms with E-state index in [1.165, 1.54) is 6.92 Å². The fourth-order valence-corrected chi connectivity index (χ4v) is 0.203. The molecule has 0 aliphatic carbocycles. The first-order valence-electron chi connectivity index (χ1n) is 3.48. The van der Waals surface area contributed by atoms with Gasteiger partial charge < -0.3 is 20.1 Å². The van der Waals surface area contributed by atoms with Crippen molar-refractivity contribution in [2.45, 2.75) is 13.8 Å². The molecular formula is C7H18O5. The third-order valence-corrected chi connectivity index (χ3v) is 0.448. The van der Waals surface area contributed by atoms with E-state index >= 15 is 0 Å². The number of carbonyl (C=O) groups excluding carboxylic acids is 1. The van der Waals surface area contributed by atoms with Crippen LogP contribution in [0, 0.1) is 0 Å². The number of carbonyl (C=O) groups is 1. The molecule has 0 heterocycles. The Morgan fingerprint density at radius 2 is 1.58 bits per heavy atom. The number of aliphatic hydroxyl groups excluding tert-OH is 3. The van der Waals surface area contributed by atoms with Crippen LogP contribution in [-0.2, 0) is 9.53 Å². The van der Waals surface area contributed by atoms with E-state index in [4.69, 9.17) is 15.3 Å². The molecule has 3 N–H and O–H groups in total. The summed E-state index contributed by atoms with van der Waals surface area (Å²) in [6.07, 6.45) is 0. The summed E-state index contributed by atoms with van der Waals surface area (Å²) >= 11 is 0. The van der Waals surface area contributed by atoms with Gasteiger partial charge in [0.25, 0.3) is 0 Å². The highest BCUT2D eigenvalue weighted by Gasteiger charge is 1.81. The zero-order valence-corrected chi connectivity index (χ0v) is 7.78. The lowest BCUT2D eigenvalue weighted by Crippen LogP contribution is -1.95. The van der Waals surface area contributed by atoms with Gasteiger partial charge in [0.15, 0.2) is 0 Å². The highest BCUT2D eigenvalue weighted by atomic mass is 16.5. The van der Waals surface area contributed by atoms with E-state index in [0.717, 1.165) is 7.11 Å². The Balaban J connectivity index is -0.000000118. The number of hydrogen-bond donors (Lipinski definition) is 3. The van der Waals surface area contributed by atoms with Crippen molar-refractivity contribution >= 4 is 5.97 Å². The van der Waals surface area contributed by atoms with Crippen LogP contribution < -0.4 is 0 Å². The summed E-state index contributed by atoms with van der Waals surface area (Å²) in [5.74, 6) is -0.211.